The van der Waals surface area contributed by atoms with Crippen molar-refractivity contribution in [2.75, 3.05) is 7.11 Å². The molecular formula is C16H19NO2. The summed E-state index contributed by atoms with van der Waals surface area (Å²) in [5, 5.41) is 0. The van der Waals surface area contributed by atoms with Gasteiger partial charge in [-0.3, -0.25) is 0 Å². The van der Waals surface area contributed by atoms with Crippen molar-refractivity contribution >= 4 is 0 Å². The molecule has 0 fully saturated rings. The van der Waals surface area contributed by atoms with E-state index in [1.165, 1.54) is 5.56 Å². The molecule has 0 bridgehead atoms. The zero-order valence-corrected chi connectivity index (χ0v) is 11.3. The monoisotopic (exact) mass is 257 g/mol. The molecule has 0 atom stereocenters. The van der Waals surface area contributed by atoms with E-state index in [0.717, 1.165) is 29.2 Å². The lowest BCUT2D eigenvalue weighted by atomic mass is 10.1. The summed E-state index contributed by atoms with van der Waals surface area (Å²) < 4.78 is 11.2. The van der Waals surface area contributed by atoms with Crippen molar-refractivity contribution in [3.8, 4) is 17.2 Å². The number of hydrogen-bond acceptors (Lipinski definition) is 3. The van der Waals surface area contributed by atoms with E-state index in [0.29, 0.717) is 6.54 Å². The molecule has 19 heavy (non-hydrogen) atoms. The van der Waals surface area contributed by atoms with E-state index in [-0.39, 0.29) is 0 Å². The molecule has 0 saturated carbocycles. The summed E-state index contributed by atoms with van der Waals surface area (Å²) in [4.78, 5) is 0. The van der Waals surface area contributed by atoms with Gasteiger partial charge in [-0.1, -0.05) is 31.2 Å². The first-order chi connectivity index (χ1) is 9.28. The van der Waals surface area contributed by atoms with Crippen LogP contribution in [0.5, 0.6) is 17.2 Å². The Hall–Kier alpha value is -2.00. The highest BCUT2D eigenvalue weighted by Gasteiger charge is 2.08. The fourth-order valence-corrected chi connectivity index (χ4v) is 1.94. The molecule has 3 heteroatoms. The molecule has 2 rings (SSSR count). The van der Waals surface area contributed by atoms with Gasteiger partial charge in [0.15, 0.2) is 0 Å². The van der Waals surface area contributed by atoms with Crippen LogP contribution in [0.3, 0.4) is 0 Å². The molecule has 0 amide bonds. The SMILES string of the molecule is CCc1ccccc1Oc1cc(OC)ccc1CN. The molecule has 2 aromatic rings. The predicted molar refractivity (Wildman–Crippen MR) is 76.8 cm³/mol. The first-order valence-electron chi connectivity index (χ1n) is 6.41. The van der Waals surface area contributed by atoms with E-state index < -0.39 is 0 Å². The average Bonchev–Trinajstić information content (AvgIpc) is 2.47. The van der Waals surface area contributed by atoms with Crippen LogP contribution in [0.15, 0.2) is 42.5 Å². The van der Waals surface area contributed by atoms with Gasteiger partial charge in [-0.25, -0.2) is 0 Å². The molecular weight excluding hydrogens is 238 g/mol. The van der Waals surface area contributed by atoms with E-state index in [4.69, 9.17) is 15.2 Å². The standard InChI is InChI=1S/C16H19NO2/c1-3-12-6-4-5-7-15(12)19-16-10-14(18-2)9-8-13(16)11-17/h4-10H,3,11,17H2,1-2H3. The lowest BCUT2D eigenvalue weighted by molar-refractivity contribution is 0.407. The van der Waals surface area contributed by atoms with E-state index in [1.807, 2.05) is 36.4 Å². The van der Waals surface area contributed by atoms with Crippen molar-refractivity contribution in [1.82, 2.24) is 0 Å². The highest BCUT2D eigenvalue weighted by atomic mass is 16.5. The average molecular weight is 257 g/mol. The number of methoxy groups -OCH3 is 1. The largest absolute Gasteiger partial charge is 0.497 e. The number of para-hydroxylation sites is 1. The fraction of sp³-hybridized carbons (Fsp3) is 0.250. The van der Waals surface area contributed by atoms with Crippen LogP contribution in [-0.4, -0.2) is 7.11 Å². The summed E-state index contributed by atoms with van der Waals surface area (Å²) in [5.41, 5.74) is 7.88. The Balaban J connectivity index is 2.36. The molecule has 2 N–H and O–H groups in total. The molecule has 0 spiro atoms. The van der Waals surface area contributed by atoms with E-state index >= 15 is 0 Å². The number of rotatable bonds is 5. The summed E-state index contributed by atoms with van der Waals surface area (Å²) in [6, 6.07) is 13.7. The zero-order valence-electron chi connectivity index (χ0n) is 11.3. The van der Waals surface area contributed by atoms with Crippen LogP contribution >= 0.6 is 0 Å². The van der Waals surface area contributed by atoms with Gasteiger partial charge in [-0.15, -0.1) is 0 Å². The van der Waals surface area contributed by atoms with Crippen molar-refractivity contribution in [2.45, 2.75) is 19.9 Å². The third-order valence-corrected chi connectivity index (χ3v) is 3.07. The molecule has 3 nitrogen and oxygen atoms in total. The lowest BCUT2D eigenvalue weighted by Crippen LogP contribution is -2.00. The molecule has 0 aliphatic rings. The second-order valence-electron chi connectivity index (χ2n) is 4.24. The number of aryl methyl sites for hydroxylation is 1. The van der Waals surface area contributed by atoms with Gasteiger partial charge in [-0.05, 0) is 24.1 Å². The van der Waals surface area contributed by atoms with Gasteiger partial charge in [-0.2, -0.15) is 0 Å². The smallest absolute Gasteiger partial charge is 0.135 e. The Morgan fingerprint density at radius 1 is 1.00 bits per heavy atom. The van der Waals surface area contributed by atoms with E-state index in [1.54, 1.807) is 7.11 Å². The van der Waals surface area contributed by atoms with Crippen LogP contribution in [-0.2, 0) is 13.0 Å². The maximum absolute atomic E-state index is 6.00. The van der Waals surface area contributed by atoms with E-state index in [9.17, 15) is 0 Å². The maximum atomic E-state index is 6.00. The second kappa shape index (κ2) is 6.25. The van der Waals surface area contributed by atoms with Gasteiger partial charge < -0.3 is 15.2 Å². The number of benzene rings is 2. The maximum Gasteiger partial charge on any atom is 0.135 e. The number of hydrogen-bond donors (Lipinski definition) is 1. The Morgan fingerprint density at radius 2 is 1.79 bits per heavy atom. The van der Waals surface area contributed by atoms with Crippen molar-refractivity contribution in [1.29, 1.82) is 0 Å². The summed E-state index contributed by atoms with van der Waals surface area (Å²) in [6.45, 7) is 2.55. The summed E-state index contributed by atoms with van der Waals surface area (Å²) in [6.07, 6.45) is 0.929. The van der Waals surface area contributed by atoms with Crippen LogP contribution in [0, 0.1) is 0 Å². The zero-order chi connectivity index (χ0) is 13.7. The van der Waals surface area contributed by atoms with Crippen molar-refractivity contribution in [2.24, 2.45) is 5.73 Å². The Morgan fingerprint density at radius 3 is 2.47 bits per heavy atom. The molecule has 0 radical (unpaired) electrons. The summed E-state index contributed by atoms with van der Waals surface area (Å²) in [5.74, 6) is 2.39. The minimum atomic E-state index is 0.438. The second-order valence-corrected chi connectivity index (χ2v) is 4.24. The first kappa shape index (κ1) is 13.4. The van der Waals surface area contributed by atoms with Gasteiger partial charge in [0.05, 0.1) is 7.11 Å². The van der Waals surface area contributed by atoms with Gasteiger partial charge in [0.25, 0.3) is 0 Å². The van der Waals surface area contributed by atoms with Gasteiger partial charge in [0, 0.05) is 18.2 Å². The van der Waals surface area contributed by atoms with Crippen LogP contribution in [0.4, 0.5) is 0 Å². The van der Waals surface area contributed by atoms with E-state index in [2.05, 4.69) is 13.0 Å². The van der Waals surface area contributed by atoms with Gasteiger partial charge >= 0.3 is 0 Å². The minimum Gasteiger partial charge on any atom is -0.497 e. The minimum absolute atomic E-state index is 0.438. The highest BCUT2D eigenvalue weighted by molar-refractivity contribution is 5.45. The lowest BCUT2D eigenvalue weighted by Gasteiger charge is -2.14. The molecule has 0 aliphatic heterocycles. The third-order valence-electron chi connectivity index (χ3n) is 3.07. The van der Waals surface area contributed by atoms with Crippen LogP contribution in [0.25, 0.3) is 0 Å². The molecule has 0 aliphatic carbocycles. The first-order valence-corrected chi connectivity index (χ1v) is 6.41. The Bertz CT molecular complexity index is 552. The van der Waals surface area contributed by atoms with Crippen LogP contribution in [0.1, 0.15) is 18.1 Å². The molecule has 0 heterocycles. The normalized spacial score (nSPS) is 10.3. The van der Waals surface area contributed by atoms with Crippen molar-refractivity contribution in [3.05, 3.63) is 53.6 Å². The molecule has 0 aromatic heterocycles. The quantitative estimate of drug-likeness (QED) is 0.891. The van der Waals surface area contributed by atoms with Crippen molar-refractivity contribution < 1.29 is 9.47 Å². The molecule has 0 saturated heterocycles. The fourth-order valence-electron chi connectivity index (χ4n) is 1.94. The number of nitrogens with two attached hydrogens (primary N) is 1. The van der Waals surface area contributed by atoms with Crippen LogP contribution < -0.4 is 15.2 Å². The topological polar surface area (TPSA) is 44.5 Å². The van der Waals surface area contributed by atoms with Gasteiger partial charge in [0.2, 0.25) is 0 Å². The van der Waals surface area contributed by atoms with Crippen LogP contribution in [0.2, 0.25) is 0 Å². The van der Waals surface area contributed by atoms with Crippen molar-refractivity contribution in [3.63, 3.8) is 0 Å². The predicted octanol–water partition coefficient (Wildman–Crippen LogP) is 3.51. The third kappa shape index (κ3) is 3.06. The molecule has 100 valence electrons. The summed E-state index contributed by atoms with van der Waals surface area (Å²) >= 11 is 0. The molecule has 2 aromatic carbocycles. The highest BCUT2D eigenvalue weighted by Crippen LogP contribution is 2.31. The number of ether oxygens (including phenoxy) is 2. The summed E-state index contributed by atoms with van der Waals surface area (Å²) in [7, 11) is 1.64. The Kier molecular flexibility index (Phi) is 4.42. The van der Waals surface area contributed by atoms with Gasteiger partial charge in [0.1, 0.15) is 17.2 Å². The molecule has 0 unspecified atom stereocenters. The Labute approximate surface area is 114 Å².